The van der Waals surface area contributed by atoms with Crippen molar-refractivity contribution in [2.45, 2.75) is 89.8 Å². The molecular formula is C15H30O4. The van der Waals surface area contributed by atoms with Crippen LogP contribution in [0.3, 0.4) is 0 Å². The number of rotatable bonds is 12. The van der Waals surface area contributed by atoms with Gasteiger partial charge in [0.1, 0.15) is 0 Å². The van der Waals surface area contributed by atoms with Crippen molar-refractivity contribution in [1.29, 1.82) is 0 Å². The maximum absolute atomic E-state index is 11.0. The highest BCUT2D eigenvalue weighted by Crippen LogP contribution is 2.22. The van der Waals surface area contributed by atoms with E-state index in [0.29, 0.717) is 6.42 Å². The molecule has 0 aliphatic rings. The first-order valence-corrected chi connectivity index (χ1v) is 7.62. The lowest BCUT2D eigenvalue weighted by Gasteiger charge is -2.28. The van der Waals surface area contributed by atoms with Gasteiger partial charge in [-0.1, -0.05) is 58.8 Å². The van der Waals surface area contributed by atoms with Gasteiger partial charge in [0.15, 0.2) is 5.60 Å². The minimum absolute atomic E-state index is 0.131. The van der Waals surface area contributed by atoms with Crippen molar-refractivity contribution in [2.24, 2.45) is 0 Å². The van der Waals surface area contributed by atoms with E-state index in [2.05, 4.69) is 6.92 Å². The lowest BCUT2D eigenvalue weighted by atomic mass is 9.88. The Morgan fingerprint density at radius 2 is 1.47 bits per heavy atom. The molecule has 0 aliphatic carbocycles. The maximum atomic E-state index is 11.0. The highest BCUT2D eigenvalue weighted by molar-refractivity contribution is 5.77. The van der Waals surface area contributed by atoms with Gasteiger partial charge in [-0.2, -0.15) is 0 Å². The summed E-state index contributed by atoms with van der Waals surface area (Å²) in [5.41, 5.74) is -1.98. The van der Waals surface area contributed by atoms with Crippen molar-refractivity contribution in [2.75, 3.05) is 0 Å². The molecule has 0 saturated heterocycles. The number of hydrogen-bond acceptors (Lipinski definition) is 3. The third-order valence-electron chi connectivity index (χ3n) is 3.72. The van der Waals surface area contributed by atoms with Crippen molar-refractivity contribution >= 4 is 5.97 Å². The average molecular weight is 274 g/mol. The van der Waals surface area contributed by atoms with Gasteiger partial charge in [0.25, 0.3) is 0 Å². The van der Waals surface area contributed by atoms with Gasteiger partial charge in [-0.15, -0.1) is 0 Å². The first-order chi connectivity index (χ1) is 8.99. The quantitative estimate of drug-likeness (QED) is 0.478. The Morgan fingerprint density at radius 3 is 1.89 bits per heavy atom. The molecule has 0 bridgehead atoms. The predicted molar refractivity (Wildman–Crippen MR) is 76.1 cm³/mol. The SMILES string of the molecule is CCCCCCCCCCC(O)(C(=O)O)C(O)CC. The van der Waals surface area contributed by atoms with E-state index in [-0.39, 0.29) is 12.8 Å². The number of carboxylic acids is 1. The van der Waals surface area contributed by atoms with Gasteiger partial charge in [0.05, 0.1) is 6.10 Å². The van der Waals surface area contributed by atoms with Crippen LogP contribution in [0.1, 0.15) is 78.1 Å². The van der Waals surface area contributed by atoms with E-state index in [1.165, 1.54) is 32.1 Å². The Kier molecular flexibility index (Phi) is 9.88. The Morgan fingerprint density at radius 1 is 1.00 bits per heavy atom. The molecule has 4 heteroatoms. The standard InChI is InChI=1S/C15H30O4/c1-3-5-6-7-8-9-10-11-12-15(19,14(17)18)13(16)4-2/h13,16,19H,3-12H2,1-2H3,(H,17,18). The second-order valence-corrected chi connectivity index (χ2v) is 5.38. The van der Waals surface area contributed by atoms with Crippen LogP contribution in [-0.2, 0) is 4.79 Å². The zero-order valence-corrected chi connectivity index (χ0v) is 12.4. The van der Waals surface area contributed by atoms with Gasteiger partial charge in [-0.3, -0.25) is 0 Å². The Hall–Kier alpha value is -0.610. The monoisotopic (exact) mass is 274 g/mol. The van der Waals surface area contributed by atoms with Crippen LogP contribution in [0.4, 0.5) is 0 Å². The number of unbranched alkanes of at least 4 members (excludes halogenated alkanes) is 7. The molecule has 4 nitrogen and oxygen atoms in total. The highest BCUT2D eigenvalue weighted by Gasteiger charge is 2.41. The van der Waals surface area contributed by atoms with Gasteiger partial charge < -0.3 is 15.3 Å². The van der Waals surface area contributed by atoms with Gasteiger partial charge >= 0.3 is 5.97 Å². The zero-order valence-electron chi connectivity index (χ0n) is 12.4. The molecule has 19 heavy (non-hydrogen) atoms. The summed E-state index contributed by atoms with van der Waals surface area (Å²) in [4.78, 5) is 11.0. The third kappa shape index (κ3) is 6.92. The van der Waals surface area contributed by atoms with E-state index in [1.54, 1.807) is 6.92 Å². The summed E-state index contributed by atoms with van der Waals surface area (Å²) in [7, 11) is 0. The normalized spacial score (nSPS) is 16.0. The average Bonchev–Trinajstić information content (AvgIpc) is 2.40. The van der Waals surface area contributed by atoms with Crippen molar-refractivity contribution < 1.29 is 20.1 Å². The molecule has 0 spiro atoms. The molecule has 0 aliphatic heterocycles. The summed E-state index contributed by atoms with van der Waals surface area (Å²) in [6.07, 6.45) is 8.01. The van der Waals surface area contributed by atoms with Gasteiger partial charge in [0, 0.05) is 0 Å². The molecule has 0 fully saturated rings. The number of carboxylic acid groups (broad SMARTS) is 1. The van der Waals surface area contributed by atoms with E-state index >= 15 is 0 Å². The van der Waals surface area contributed by atoms with Crippen LogP contribution >= 0.6 is 0 Å². The number of carbonyl (C=O) groups is 1. The van der Waals surface area contributed by atoms with Crippen LogP contribution in [-0.4, -0.2) is 33.0 Å². The number of hydrogen-bond donors (Lipinski definition) is 3. The van der Waals surface area contributed by atoms with E-state index in [0.717, 1.165) is 12.8 Å². The fourth-order valence-electron chi connectivity index (χ4n) is 2.28. The second-order valence-electron chi connectivity index (χ2n) is 5.38. The topological polar surface area (TPSA) is 77.8 Å². The fourth-order valence-corrected chi connectivity index (χ4v) is 2.28. The van der Waals surface area contributed by atoms with Crippen molar-refractivity contribution in [3.8, 4) is 0 Å². The van der Waals surface area contributed by atoms with Gasteiger partial charge in [-0.05, 0) is 19.3 Å². The third-order valence-corrected chi connectivity index (χ3v) is 3.72. The molecule has 0 aromatic carbocycles. The molecule has 0 radical (unpaired) electrons. The van der Waals surface area contributed by atoms with Crippen molar-refractivity contribution in [3.05, 3.63) is 0 Å². The van der Waals surface area contributed by atoms with Crippen LogP contribution in [0.5, 0.6) is 0 Å². The molecule has 0 saturated carbocycles. The molecule has 2 unspecified atom stereocenters. The lowest BCUT2D eigenvalue weighted by molar-refractivity contribution is -0.173. The molecule has 2 atom stereocenters. The summed E-state index contributed by atoms with van der Waals surface area (Å²) >= 11 is 0. The van der Waals surface area contributed by atoms with Gasteiger partial charge in [0.2, 0.25) is 0 Å². The van der Waals surface area contributed by atoms with E-state index in [9.17, 15) is 15.0 Å². The summed E-state index contributed by atoms with van der Waals surface area (Å²) < 4.78 is 0. The molecule has 0 aromatic heterocycles. The van der Waals surface area contributed by atoms with Crippen molar-refractivity contribution in [1.82, 2.24) is 0 Å². The van der Waals surface area contributed by atoms with Crippen molar-refractivity contribution in [3.63, 3.8) is 0 Å². The first kappa shape index (κ1) is 18.4. The Balaban J connectivity index is 3.80. The summed E-state index contributed by atoms with van der Waals surface area (Å²) in [5.74, 6) is -1.32. The molecule has 114 valence electrons. The largest absolute Gasteiger partial charge is 0.479 e. The molecule has 0 rings (SSSR count). The van der Waals surface area contributed by atoms with E-state index in [1.807, 2.05) is 0 Å². The van der Waals surface area contributed by atoms with Crippen LogP contribution in [0, 0.1) is 0 Å². The summed E-state index contributed by atoms with van der Waals surface area (Å²) in [5, 5.41) is 28.6. The van der Waals surface area contributed by atoms with Crippen LogP contribution in [0.25, 0.3) is 0 Å². The van der Waals surface area contributed by atoms with Crippen LogP contribution in [0.2, 0.25) is 0 Å². The number of aliphatic carboxylic acids is 1. The molecule has 0 heterocycles. The molecule has 3 N–H and O–H groups in total. The summed E-state index contributed by atoms with van der Waals surface area (Å²) in [6.45, 7) is 3.86. The molecule has 0 amide bonds. The summed E-state index contributed by atoms with van der Waals surface area (Å²) in [6, 6.07) is 0. The number of aliphatic hydroxyl groups is 2. The van der Waals surface area contributed by atoms with E-state index < -0.39 is 17.7 Å². The highest BCUT2D eigenvalue weighted by atomic mass is 16.4. The maximum Gasteiger partial charge on any atom is 0.338 e. The minimum atomic E-state index is -1.98. The lowest BCUT2D eigenvalue weighted by Crippen LogP contribution is -2.49. The van der Waals surface area contributed by atoms with Crippen LogP contribution in [0.15, 0.2) is 0 Å². The van der Waals surface area contributed by atoms with Crippen LogP contribution < -0.4 is 0 Å². The second kappa shape index (κ2) is 10.2. The zero-order chi connectivity index (χ0) is 14.7. The Labute approximate surface area is 116 Å². The fraction of sp³-hybridized carbons (Fsp3) is 0.933. The Bertz CT molecular complexity index is 242. The smallest absolute Gasteiger partial charge is 0.338 e. The van der Waals surface area contributed by atoms with Gasteiger partial charge in [-0.25, -0.2) is 4.79 Å². The molecule has 0 aromatic rings. The molecular weight excluding hydrogens is 244 g/mol. The number of aliphatic hydroxyl groups excluding tert-OH is 1. The minimum Gasteiger partial charge on any atom is -0.479 e. The first-order valence-electron chi connectivity index (χ1n) is 7.62. The van der Waals surface area contributed by atoms with E-state index in [4.69, 9.17) is 5.11 Å². The predicted octanol–water partition coefficient (Wildman–Crippen LogP) is 3.10.